The van der Waals surface area contributed by atoms with Crippen LogP contribution in [0.5, 0.6) is 5.88 Å². The van der Waals surface area contributed by atoms with Crippen molar-refractivity contribution in [2.75, 3.05) is 25.1 Å². The van der Waals surface area contributed by atoms with Crippen molar-refractivity contribution >= 4 is 5.82 Å². The highest BCUT2D eigenvalue weighted by Crippen LogP contribution is 2.25. The normalized spacial score (nSPS) is 21.8. The van der Waals surface area contributed by atoms with E-state index in [1.165, 1.54) is 6.42 Å². The standard InChI is InChI=1S/C13H22N4O/c1-9(14)11-5-4-6-17(8-11)12-7-13(18-3)16-10(2)15-12/h7,9,11H,4-6,8,14H2,1-3H3. The number of ether oxygens (including phenoxy) is 1. The molecule has 1 saturated heterocycles. The van der Waals surface area contributed by atoms with Gasteiger partial charge >= 0.3 is 0 Å². The quantitative estimate of drug-likeness (QED) is 0.877. The van der Waals surface area contributed by atoms with Crippen LogP contribution in [0.4, 0.5) is 5.82 Å². The van der Waals surface area contributed by atoms with Crippen LogP contribution in [0.3, 0.4) is 0 Å². The van der Waals surface area contributed by atoms with Gasteiger partial charge in [0.2, 0.25) is 5.88 Å². The van der Waals surface area contributed by atoms with Crippen molar-refractivity contribution in [2.45, 2.75) is 32.7 Å². The predicted octanol–water partition coefficient (Wildman–Crippen LogP) is 1.36. The average molecular weight is 250 g/mol. The zero-order valence-electron chi connectivity index (χ0n) is 11.4. The van der Waals surface area contributed by atoms with Crippen LogP contribution >= 0.6 is 0 Å². The number of hydrogen-bond acceptors (Lipinski definition) is 5. The summed E-state index contributed by atoms with van der Waals surface area (Å²) in [5.41, 5.74) is 6.01. The Balaban J connectivity index is 2.17. The molecule has 0 aromatic carbocycles. The summed E-state index contributed by atoms with van der Waals surface area (Å²) in [5, 5.41) is 0. The maximum atomic E-state index is 6.01. The lowest BCUT2D eigenvalue weighted by atomic mass is 9.92. The maximum Gasteiger partial charge on any atom is 0.218 e. The molecule has 18 heavy (non-hydrogen) atoms. The third-order valence-corrected chi connectivity index (χ3v) is 3.54. The van der Waals surface area contributed by atoms with E-state index < -0.39 is 0 Å². The zero-order chi connectivity index (χ0) is 13.1. The Morgan fingerprint density at radius 1 is 1.50 bits per heavy atom. The highest BCUT2D eigenvalue weighted by atomic mass is 16.5. The third-order valence-electron chi connectivity index (χ3n) is 3.54. The largest absolute Gasteiger partial charge is 0.481 e. The molecule has 0 aliphatic carbocycles. The number of hydrogen-bond donors (Lipinski definition) is 1. The first-order valence-corrected chi connectivity index (χ1v) is 6.50. The summed E-state index contributed by atoms with van der Waals surface area (Å²) in [5.74, 6) is 2.86. The van der Waals surface area contributed by atoms with Crippen LogP contribution in [0.15, 0.2) is 6.07 Å². The van der Waals surface area contributed by atoms with E-state index in [1.807, 2.05) is 13.0 Å². The lowest BCUT2D eigenvalue weighted by Crippen LogP contribution is -2.42. The lowest BCUT2D eigenvalue weighted by Gasteiger charge is -2.35. The van der Waals surface area contributed by atoms with E-state index in [4.69, 9.17) is 10.5 Å². The van der Waals surface area contributed by atoms with Crippen LogP contribution in [-0.4, -0.2) is 36.2 Å². The molecule has 0 saturated carbocycles. The summed E-state index contributed by atoms with van der Waals surface area (Å²) in [6.07, 6.45) is 2.37. The molecule has 0 bridgehead atoms. The second kappa shape index (κ2) is 5.52. The Kier molecular flexibility index (Phi) is 4.01. The fourth-order valence-corrected chi connectivity index (χ4v) is 2.44. The summed E-state index contributed by atoms with van der Waals surface area (Å²) < 4.78 is 5.20. The van der Waals surface area contributed by atoms with Gasteiger partial charge in [0.1, 0.15) is 11.6 Å². The molecule has 0 radical (unpaired) electrons. The van der Waals surface area contributed by atoms with Crippen LogP contribution in [0.2, 0.25) is 0 Å². The molecule has 1 fully saturated rings. The molecule has 100 valence electrons. The van der Waals surface area contributed by atoms with E-state index >= 15 is 0 Å². The SMILES string of the molecule is COc1cc(N2CCCC(C(C)N)C2)nc(C)n1. The predicted molar refractivity (Wildman–Crippen MR) is 71.9 cm³/mol. The second-order valence-corrected chi connectivity index (χ2v) is 5.02. The Morgan fingerprint density at radius 3 is 2.94 bits per heavy atom. The van der Waals surface area contributed by atoms with Gasteiger partial charge in [0.15, 0.2) is 0 Å². The number of piperidine rings is 1. The van der Waals surface area contributed by atoms with Gasteiger partial charge in [-0.3, -0.25) is 0 Å². The number of nitrogens with zero attached hydrogens (tertiary/aromatic N) is 3. The van der Waals surface area contributed by atoms with Gasteiger partial charge in [0, 0.05) is 25.2 Å². The van der Waals surface area contributed by atoms with Crippen LogP contribution < -0.4 is 15.4 Å². The molecule has 2 heterocycles. The van der Waals surface area contributed by atoms with Gasteiger partial charge < -0.3 is 15.4 Å². The molecule has 2 atom stereocenters. The van der Waals surface area contributed by atoms with Gasteiger partial charge in [-0.1, -0.05) is 0 Å². The average Bonchev–Trinajstić information content (AvgIpc) is 2.38. The van der Waals surface area contributed by atoms with Crippen LogP contribution in [-0.2, 0) is 0 Å². The molecule has 1 aromatic heterocycles. The number of nitrogens with two attached hydrogens (primary N) is 1. The molecule has 1 aromatic rings. The van der Waals surface area contributed by atoms with Crippen molar-refractivity contribution in [1.82, 2.24) is 9.97 Å². The lowest BCUT2D eigenvalue weighted by molar-refractivity contribution is 0.361. The molecule has 1 aliphatic heterocycles. The minimum Gasteiger partial charge on any atom is -0.481 e. The summed E-state index contributed by atoms with van der Waals surface area (Å²) >= 11 is 0. The van der Waals surface area contributed by atoms with E-state index in [0.717, 1.165) is 31.2 Å². The van der Waals surface area contributed by atoms with Gasteiger partial charge in [-0.25, -0.2) is 4.98 Å². The highest BCUT2D eigenvalue weighted by Gasteiger charge is 2.24. The van der Waals surface area contributed by atoms with Crippen molar-refractivity contribution < 1.29 is 4.74 Å². The smallest absolute Gasteiger partial charge is 0.218 e. The first-order chi connectivity index (χ1) is 8.60. The van der Waals surface area contributed by atoms with Gasteiger partial charge in [0.25, 0.3) is 0 Å². The van der Waals surface area contributed by atoms with E-state index in [2.05, 4.69) is 21.8 Å². The molecule has 2 N–H and O–H groups in total. The van der Waals surface area contributed by atoms with Crippen molar-refractivity contribution in [3.63, 3.8) is 0 Å². The van der Waals surface area contributed by atoms with E-state index in [9.17, 15) is 0 Å². The van der Waals surface area contributed by atoms with Crippen LogP contribution in [0, 0.1) is 12.8 Å². The topological polar surface area (TPSA) is 64.3 Å². The first kappa shape index (κ1) is 13.1. The number of rotatable bonds is 3. The van der Waals surface area contributed by atoms with Crippen molar-refractivity contribution in [2.24, 2.45) is 11.7 Å². The Labute approximate surface area is 108 Å². The monoisotopic (exact) mass is 250 g/mol. The molecule has 5 heteroatoms. The van der Waals surface area contributed by atoms with Gasteiger partial charge in [0.05, 0.1) is 7.11 Å². The van der Waals surface area contributed by atoms with Crippen molar-refractivity contribution in [3.8, 4) is 5.88 Å². The van der Waals surface area contributed by atoms with Gasteiger partial charge in [-0.15, -0.1) is 0 Å². The number of aromatic nitrogens is 2. The molecule has 0 spiro atoms. The Bertz CT molecular complexity index is 408. The van der Waals surface area contributed by atoms with Crippen molar-refractivity contribution in [3.05, 3.63) is 11.9 Å². The fraction of sp³-hybridized carbons (Fsp3) is 0.692. The second-order valence-electron chi connectivity index (χ2n) is 5.02. The molecule has 2 rings (SSSR count). The zero-order valence-corrected chi connectivity index (χ0v) is 11.4. The number of methoxy groups -OCH3 is 1. The van der Waals surface area contributed by atoms with E-state index in [0.29, 0.717) is 11.8 Å². The number of anilines is 1. The summed E-state index contributed by atoms with van der Waals surface area (Å²) in [4.78, 5) is 11.0. The molecule has 1 aliphatic rings. The van der Waals surface area contributed by atoms with Crippen LogP contribution in [0.1, 0.15) is 25.6 Å². The van der Waals surface area contributed by atoms with E-state index in [-0.39, 0.29) is 6.04 Å². The molecule has 0 amide bonds. The Hall–Kier alpha value is -1.36. The minimum absolute atomic E-state index is 0.234. The molecule has 5 nitrogen and oxygen atoms in total. The van der Waals surface area contributed by atoms with E-state index in [1.54, 1.807) is 7.11 Å². The molecular formula is C13H22N4O. The van der Waals surface area contributed by atoms with Crippen molar-refractivity contribution in [1.29, 1.82) is 0 Å². The first-order valence-electron chi connectivity index (χ1n) is 6.50. The summed E-state index contributed by atoms with van der Waals surface area (Å²) in [6, 6.07) is 2.13. The fourth-order valence-electron chi connectivity index (χ4n) is 2.44. The highest BCUT2D eigenvalue weighted by molar-refractivity contribution is 5.42. The van der Waals surface area contributed by atoms with Crippen LogP contribution in [0.25, 0.3) is 0 Å². The molecule has 2 unspecified atom stereocenters. The summed E-state index contributed by atoms with van der Waals surface area (Å²) in [7, 11) is 1.63. The minimum atomic E-state index is 0.234. The third kappa shape index (κ3) is 2.90. The number of aryl methyl sites for hydroxylation is 1. The Morgan fingerprint density at radius 2 is 2.28 bits per heavy atom. The maximum absolute atomic E-state index is 6.01. The van der Waals surface area contributed by atoms with Gasteiger partial charge in [-0.05, 0) is 32.6 Å². The van der Waals surface area contributed by atoms with Gasteiger partial charge in [-0.2, -0.15) is 4.98 Å². The molecular weight excluding hydrogens is 228 g/mol. The summed E-state index contributed by atoms with van der Waals surface area (Å²) in [6.45, 7) is 5.97.